The Morgan fingerprint density at radius 3 is 2.84 bits per heavy atom. The first-order chi connectivity index (χ1) is 15.1. The summed E-state index contributed by atoms with van der Waals surface area (Å²) in [6.45, 7) is 4.53. The van der Waals surface area contributed by atoms with Crippen LogP contribution in [0.5, 0.6) is 0 Å². The third-order valence-corrected chi connectivity index (χ3v) is 5.83. The summed E-state index contributed by atoms with van der Waals surface area (Å²) in [6.07, 6.45) is 7.34. The van der Waals surface area contributed by atoms with E-state index in [1.165, 1.54) is 12.1 Å². The Hall–Kier alpha value is -3.49. The fourth-order valence-electron chi connectivity index (χ4n) is 4.30. The minimum Gasteiger partial charge on any atom is -0.350 e. The van der Waals surface area contributed by atoms with Gasteiger partial charge in [0.15, 0.2) is 5.82 Å². The quantitative estimate of drug-likeness (QED) is 0.659. The van der Waals surface area contributed by atoms with E-state index < -0.39 is 0 Å². The molecule has 5 rings (SSSR count). The third-order valence-electron chi connectivity index (χ3n) is 5.83. The summed E-state index contributed by atoms with van der Waals surface area (Å²) in [7, 11) is 0. The Morgan fingerprint density at radius 1 is 1.19 bits per heavy atom. The first-order valence-corrected chi connectivity index (χ1v) is 10.6. The van der Waals surface area contributed by atoms with E-state index in [1.807, 2.05) is 17.8 Å². The molecule has 4 heterocycles. The van der Waals surface area contributed by atoms with Gasteiger partial charge in [0.05, 0.1) is 18.9 Å². The number of halogens is 1. The minimum absolute atomic E-state index is 0.111. The highest BCUT2D eigenvalue weighted by Crippen LogP contribution is 2.38. The van der Waals surface area contributed by atoms with Gasteiger partial charge in [0.2, 0.25) is 11.9 Å². The molecule has 1 amide bonds. The monoisotopic (exact) mass is 421 g/mol. The fourth-order valence-corrected chi connectivity index (χ4v) is 4.30. The molecule has 2 aromatic heterocycles. The fraction of sp³-hybridized carbons (Fsp3) is 0.364. The van der Waals surface area contributed by atoms with Gasteiger partial charge in [-0.1, -0.05) is 12.1 Å². The number of nitrogens with one attached hydrogen (secondary N) is 1. The van der Waals surface area contributed by atoms with E-state index in [9.17, 15) is 9.18 Å². The lowest BCUT2D eigenvalue weighted by atomic mass is 10.1. The molecule has 1 atom stereocenters. The number of aromatic nitrogens is 4. The highest BCUT2D eigenvalue weighted by molar-refractivity contribution is 6.05. The Morgan fingerprint density at radius 2 is 2.03 bits per heavy atom. The number of hydrogen-bond donors (Lipinski definition) is 1. The van der Waals surface area contributed by atoms with Crippen LogP contribution < -0.4 is 15.1 Å². The molecule has 1 unspecified atom stereocenters. The highest BCUT2D eigenvalue weighted by Gasteiger charge is 2.41. The van der Waals surface area contributed by atoms with Crippen LogP contribution in [0.25, 0.3) is 0 Å². The zero-order valence-corrected chi connectivity index (χ0v) is 17.3. The third kappa shape index (κ3) is 3.71. The van der Waals surface area contributed by atoms with Crippen molar-refractivity contribution in [3.63, 3.8) is 0 Å². The number of amides is 1. The van der Waals surface area contributed by atoms with Crippen LogP contribution in [0.3, 0.4) is 0 Å². The van der Waals surface area contributed by atoms with Gasteiger partial charge < -0.3 is 15.1 Å². The number of hydrogen-bond acceptors (Lipinski definition) is 6. The molecule has 9 heteroatoms. The van der Waals surface area contributed by atoms with Crippen LogP contribution in [-0.4, -0.2) is 44.8 Å². The van der Waals surface area contributed by atoms with Gasteiger partial charge in [-0.05, 0) is 37.5 Å². The molecule has 2 aliphatic heterocycles. The van der Waals surface area contributed by atoms with E-state index in [-0.39, 0.29) is 17.8 Å². The zero-order valence-electron chi connectivity index (χ0n) is 17.3. The van der Waals surface area contributed by atoms with E-state index in [1.54, 1.807) is 29.4 Å². The van der Waals surface area contributed by atoms with E-state index in [4.69, 9.17) is 4.98 Å². The van der Waals surface area contributed by atoms with Crippen molar-refractivity contribution in [2.45, 2.75) is 38.9 Å². The van der Waals surface area contributed by atoms with E-state index in [0.29, 0.717) is 25.6 Å². The molecule has 3 aromatic rings. The molecule has 31 heavy (non-hydrogen) atoms. The molecule has 1 aromatic carbocycles. The maximum atomic E-state index is 13.1. The number of likely N-dealkylation sites (N-methyl/N-ethyl adjacent to an activating group) is 1. The molecule has 0 radical (unpaired) electrons. The van der Waals surface area contributed by atoms with Gasteiger partial charge in [-0.25, -0.2) is 9.37 Å². The number of anilines is 3. The number of nitrogens with zero attached hydrogens (tertiary/aromatic N) is 6. The Labute approximate surface area is 179 Å². The minimum atomic E-state index is -0.245. The molecule has 8 nitrogen and oxygen atoms in total. The standard InChI is InChI=1S/C22H24FN7O/c1-2-29-19-12-25-22(27-20(19)30-9-3-4-18(30)21(29)31)24-10-16-11-26-28(14-16)13-15-5-7-17(23)8-6-15/h5-8,11-12,14,18H,2-4,9-10,13H2,1H3,(H,24,25,27). The average molecular weight is 421 g/mol. The van der Waals surface area contributed by atoms with Gasteiger partial charge in [0.25, 0.3) is 0 Å². The normalized spacial score (nSPS) is 17.6. The van der Waals surface area contributed by atoms with E-state index in [0.717, 1.165) is 42.0 Å². The molecule has 1 N–H and O–H groups in total. The predicted molar refractivity (Wildman–Crippen MR) is 115 cm³/mol. The van der Waals surface area contributed by atoms with Crippen molar-refractivity contribution in [2.24, 2.45) is 0 Å². The van der Waals surface area contributed by atoms with Gasteiger partial charge in [0.1, 0.15) is 17.5 Å². The van der Waals surface area contributed by atoms with Crippen molar-refractivity contribution in [2.75, 3.05) is 28.2 Å². The number of carbonyl (C=O) groups is 1. The second-order valence-corrected chi connectivity index (χ2v) is 7.86. The van der Waals surface area contributed by atoms with Crippen molar-refractivity contribution in [3.05, 3.63) is 59.8 Å². The summed E-state index contributed by atoms with van der Waals surface area (Å²) in [5.41, 5.74) is 2.76. The molecular formula is C22H24FN7O. The van der Waals surface area contributed by atoms with E-state index >= 15 is 0 Å². The van der Waals surface area contributed by atoms with Crippen molar-refractivity contribution in [1.29, 1.82) is 0 Å². The first-order valence-electron chi connectivity index (χ1n) is 10.6. The van der Waals surface area contributed by atoms with Gasteiger partial charge in [-0.15, -0.1) is 0 Å². The lowest BCUT2D eigenvalue weighted by Crippen LogP contribution is -2.51. The van der Waals surface area contributed by atoms with Gasteiger partial charge >= 0.3 is 0 Å². The molecular weight excluding hydrogens is 397 g/mol. The van der Waals surface area contributed by atoms with Crippen molar-refractivity contribution < 1.29 is 9.18 Å². The molecule has 0 aliphatic carbocycles. The topological polar surface area (TPSA) is 79.2 Å². The Bertz CT molecular complexity index is 1100. The summed E-state index contributed by atoms with van der Waals surface area (Å²) in [5, 5.41) is 7.64. The van der Waals surface area contributed by atoms with Crippen LogP contribution in [0.15, 0.2) is 42.9 Å². The molecule has 1 saturated heterocycles. The van der Waals surface area contributed by atoms with Gasteiger partial charge in [-0.3, -0.25) is 9.48 Å². The number of fused-ring (bicyclic) bond motifs is 3. The van der Waals surface area contributed by atoms with Crippen LogP contribution in [0, 0.1) is 5.82 Å². The van der Waals surface area contributed by atoms with Crippen molar-refractivity contribution in [1.82, 2.24) is 19.7 Å². The van der Waals surface area contributed by atoms with Crippen LogP contribution in [-0.2, 0) is 17.9 Å². The highest BCUT2D eigenvalue weighted by atomic mass is 19.1. The lowest BCUT2D eigenvalue weighted by molar-refractivity contribution is -0.119. The lowest BCUT2D eigenvalue weighted by Gasteiger charge is -2.37. The molecule has 0 bridgehead atoms. The summed E-state index contributed by atoms with van der Waals surface area (Å²) >= 11 is 0. The van der Waals surface area contributed by atoms with Crippen molar-refractivity contribution >= 4 is 23.4 Å². The predicted octanol–water partition coefficient (Wildman–Crippen LogP) is 2.81. The molecule has 0 spiro atoms. The molecule has 2 aliphatic rings. The number of carbonyl (C=O) groups excluding carboxylic acids is 1. The second-order valence-electron chi connectivity index (χ2n) is 7.86. The summed E-state index contributed by atoms with van der Waals surface area (Å²) in [6, 6.07) is 6.30. The largest absolute Gasteiger partial charge is 0.350 e. The van der Waals surface area contributed by atoms with Crippen LogP contribution >= 0.6 is 0 Å². The SMILES string of the molecule is CCN1C(=O)C2CCCN2c2nc(NCc3cnn(Cc4ccc(F)cc4)c3)ncc21. The van der Waals surface area contributed by atoms with Crippen LogP contribution in [0.1, 0.15) is 30.9 Å². The Balaban J connectivity index is 1.29. The summed E-state index contributed by atoms with van der Waals surface area (Å²) in [4.78, 5) is 25.8. The number of rotatable bonds is 6. The molecule has 1 fully saturated rings. The van der Waals surface area contributed by atoms with Gasteiger partial charge in [0, 0.05) is 31.4 Å². The zero-order chi connectivity index (χ0) is 21.4. The smallest absolute Gasteiger partial charge is 0.249 e. The first kappa shape index (κ1) is 19.5. The summed E-state index contributed by atoms with van der Waals surface area (Å²) in [5.74, 6) is 1.26. The van der Waals surface area contributed by atoms with Crippen LogP contribution in [0.4, 0.5) is 21.8 Å². The molecule has 160 valence electrons. The van der Waals surface area contributed by atoms with E-state index in [2.05, 4.69) is 20.3 Å². The molecule has 0 saturated carbocycles. The summed E-state index contributed by atoms with van der Waals surface area (Å²) < 4.78 is 14.9. The maximum absolute atomic E-state index is 13.1. The van der Waals surface area contributed by atoms with Gasteiger partial charge in [-0.2, -0.15) is 10.1 Å². The number of benzene rings is 1. The maximum Gasteiger partial charge on any atom is 0.249 e. The second kappa shape index (κ2) is 7.98. The van der Waals surface area contributed by atoms with Crippen LogP contribution in [0.2, 0.25) is 0 Å². The average Bonchev–Trinajstić information content (AvgIpc) is 3.44. The Kier molecular flexibility index (Phi) is 5.01. The van der Waals surface area contributed by atoms with Crippen molar-refractivity contribution in [3.8, 4) is 0 Å².